The van der Waals surface area contributed by atoms with E-state index in [2.05, 4.69) is 0 Å². The van der Waals surface area contributed by atoms with Crippen molar-refractivity contribution in [3.63, 3.8) is 0 Å². The number of ether oxygens (including phenoxy) is 1. The van der Waals surface area contributed by atoms with E-state index in [9.17, 15) is 14.3 Å². The molecule has 2 heterocycles. The zero-order chi connectivity index (χ0) is 14.3. The first kappa shape index (κ1) is 13.7. The molecule has 2 aliphatic rings. The fraction of sp³-hybridized carbons (Fsp3) is 0.562. The van der Waals surface area contributed by atoms with Gasteiger partial charge in [0.15, 0.2) is 0 Å². The van der Waals surface area contributed by atoms with Crippen LogP contribution in [0.25, 0.3) is 0 Å². The van der Waals surface area contributed by atoms with Crippen LogP contribution in [0.5, 0.6) is 0 Å². The molecular formula is C16H19FO3. The topological polar surface area (TPSA) is 46.5 Å². The number of hydrogen-bond donors (Lipinski definition) is 1. The van der Waals surface area contributed by atoms with Crippen LogP contribution in [0.4, 0.5) is 4.39 Å². The Balaban J connectivity index is 1.95. The number of fused-ring (bicyclic) bond motifs is 2. The number of aliphatic hydroxyl groups excluding tert-OH is 1. The van der Waals surface area contributed by atoms with Gasteiger partial charge in [0.1, 0.15) is 11.6 Å². The number of Topliss-reactive ketones (excluding diaryl/α,β-unsaturated/α-hetero) is 1. The SMILES string of the molecule is CCC(=O)[C@H]1[C@H](c2ccc(F)cc2)CC2CC(O)[C@@H]1O2. The molecule has 0 aliphatic carbocycles. The molecule has 0 spiro atoms. The van der Waals surface area contributed by atoms with Gasteiger partial charge in [-0.05, 0) is 30.0 Å². The van der Waals surface area contributed by atoms with E-state index in [1.807, 2.05) is 6.92 Å². The lowest BCUT2D eigenvalue weighted by atomic mass is 9.76. The summed E-state index contributed by atoms with van der Waals surface area (Å²) in [5, 5.41) is 10.1. The summed E-state index contributed by atoms with van der Waals surface area (Å²) in [6.07, 6.45) is 0.776. The van der Waals surface area contributed by atoms with Gasteiger partial charge in [-0.2, -0.15) is 0 Å². The molecule has 2 bridgehead atoms. The van der Waals surface area contributed by atoms with Gasteiger partial charge in [0.2, 0.25) is 0 Å². The van der Waals surface area contributed by atoms with E-state index in [0.717, 1.165) is 12.0 Å². The van der Waals surface area contributed by atoms with Gasteiger partial charge in [-0.3, -0.25) is 4.79 Å². The van der Waals surface area contributed by atoms with E-state index in [1.54, 1.807) is 12.1 Å². The summed E-state index contributed by atoms with van der Waals surface area (Å²) in [6, 6.07) is 6.34. The molecule has 0 saturated carbocycles. The fourth-order valence-electron chi connectivity index (χ4n) is 3.60. The van der Waals surface area contributed by atoms with Crippen molar-refractivity contribution in [2.75, 3.05) is 0 Å². The number of aliphatic hydroxyl groups is 1. The van der Waals surface area contributed by atoms with E-state index in [4.69, 9.17) is 4.74 Å². The van der Waals surface area contributed by atoms with E-state index in [1.165, 1.54) is 12.1 Å². The van der Waals surface area contributed by atoms with Crippen LogP contribution in [0.15, 0.2) is 24.3 Å². The quantitative estimate of drug-likeness (QED) is 0.923. The summed E-state index contributed by atoms with van der Waals surface area (Å²) < 4.78 is 18.8. The average Bonchev–Trinajstić information content (AvgIpc) is 2.74. The smallest absolute Gasteiger partial charge is 0.139 e. The minimum atomic E-state index is -0.564. The van der Waals surface area contributed by atoms with Crippen molar-refractivity contribution in [3.8, 4) is 0 Å². The van der Waals surface area contributed by atoms with E-state index < -0.39 is 12.2 Å². The van der Waals surface area contributed by atoms with Crippen LogP contribution >= 0.6 is 0 Å². The molecule has 0 radical (unpaired) electrons. The van der Waals surface area contributed by atoms with Gasteiger partial charge in [0, 0.05) is 12.8 Å². The lowest BCUT2D eigenvalue weighted by molar-refractivity contribution is -0.137. The number of carbonyl (C=O) groups is 1. The molecule has 1 aromatic rings. The fourth-order valence-corrected chi connectivity index (χ4v) is 3.60. The number of carbonyl (C=O) groups excluding carboxylic acids is 1. The van der Waals surface area contributed by atoms with Crippen LogP contribution in [-0.2, 0) is 9.53 Å². The first-order chi connectivity index (χ1) is 9.60. The van der Waals surface area contributed by atoms with Crippen molar-refractivity contribution >= 4 is 5.78 Å². The Morgan fingerprint density at radius 3 is 2.70 bits per heavy atom. The molecule has 0 aromatic heterocycles. The molecule has 2 saturated heterocycles. The zero-order valence-corrected chi connectivity index (χ0v) is 11.5. The summed E-state index contributed by atoms with van der Waals surface area (Å²) in [4.78, 5) is 12.3. The minimum absolute atomic E-state index is 0.00552. The van der Waals surface area contributed by atoms with Gasteiger partial charge in [0.25, 0.3) is 0 Å². The van der Waals surface area contributed by atoms with Crippen molar-refractivity contribution < 1.29 is 19.0 Å². The molecule has 5 atom stereocenters. The molecule has 1 N–H and O–H groups in total. The van der Waals surface area contributed by atoms with Crippen LogP contribution in [-0.4, -0.2) is 29.2 Å². The van der Waals surface area contributed by atoms with Crippen molar-refractivity contribution in [2.45, 2.75) is 50.4 Å². The molecule has 0 amide bonds. The second-order valence-electron chi connectivity index (χ2n) is 5.77. The molecule has 3 nitrogen and oxygen atoms in total. The first-order valence-electron chi connectivity index (χ1n) is 7.22. The average molecular weight is 278 g/mol. The zero-order valence-electron chi connectivity index (χ0n) is 11.5. The Hall–Kier alpha value is -1.26. The Kier molecular flexibility index (Phi) is 3.61. The Labute approximate surface area is 117 Å². The molecule has 3 rings (SSSR count). The highest BCUT2D eigenvalue weighted by Gasteiger charge is 2.50. The third-order valence-electron chi connectivity index (χ3n) is 4.56. The van der Waals surface area contributed by atoms with Crippen LogP contribution in [0.1, 0.15) is 37.7 Å². The van der Waals surface area contributed by atoms with E-state index >= 15 is 0 Å². The van der Waals surface area contributed by atoms with Crippen LogP contribution < -0.4 is 0 Å². The molecule has 4 heteroatoms. The molecule has 2 unspecified atom stereocenters. The highest BCUT2D eigenvalue weighted by atomic mass is 19.1. The molecular weight excluding hydrogens is 259 g/mol. The third-order valence-corrected chi connectivity index (χ3v) is 4.56. The van der Waals surface area contributed by atoms with Crippen LogP contribution in [0, 0.1) is 11.7 Å². The summed E-state index contributed by atoms with van der Waals surface area (Å²) in [5.74, 6) is -0.464. The van der Waals surface area contributed by atoms with Crippen LogP contribution in [0.2, 0.25) is 0 Å². The van der Waals surface area contributed by atoms with Crippen LogP contribution in [0.3, 0.4) is 0 Å². The minimum Gasteiger partial charge on any atom is -0.390 e. The molecule has 1 aromatic carbocycles. The monoisotopic (exact) mass is 278 g/mol. The molecule has 2 aliphatic heterocycles. The third kappa shape index (κ3) is 2.27. The lowest BCUT2D eigenvalue weighted by Gasteiger charge is -2.36. The maximum atomic E-state index is 13.1. The number of halogens is 1. The Morgan fingerprint density at radius 2 is 2.05 bits per heavy atom. The van der Waals surface area contributed by atoms with Crippen molar-refractivity contribution in [3.05, 3.63) is 35.6 Å². The van der Waals surface area contributed by atoms with Gasteiger partial charge in [0.05, 0.1) is 24.2 Å². The van der Waals surface area contributed by atoms with Gasteiger partial charge in [-0.25, -0.2) is 4.39 Å². The van der Waals surface area contributed by atoms with Crippen molar-refractivity contribution in [1.82, 2.24) is 0 Å². The highest BCUT2D eigenvalue weighted by molar-refractivity contribution is 5.82. The summed E-state index contributed by atoms with van der Waals surface area (Å²) in [7, 11) is 0. The van der Waals surface area contributed by atoms with Gasteiger partial charge in [-0.1, -0.05) is 19.1 Å². The van der Waals surface area contributed by atoms with E-state index in [-0.39, 0.29) is 29.5 Å². The molecule has 108 valence electrons. The molecule has 20 heavy (non-hydrogen) atoms. The maximum absolute atomic E-state index is 13.1. The van der Waals surface area contributed by atoms with Gasteiger partial charge in [-0.15, -0.1) is 0 Å². The second-order valence-corrected chi connectivity index (χ2v) is 5.77. The maximum Gasteiger partial charge on any atom is 0.139 e. The van der Waals surface area contributed by atoms with Crippen molar-refractivity contribution in [1.29, 1.82) is 0 Å². The predicted octanol–water partition coefficient (Wildman–Crippen LogP) is 2.43. The van der Waals surface area contributed by atoms with E-state index in [0.29, 0.717) is 12.8 Å². The number of benzene rings is 1. The normalized spacial score (nSPS) is 36.0. The van der Waals surface area contributed by atoms with Gasteiger partial charge < -0.3 is 9.84 Å². The molecule has 2 fully saturated rings. The number of rotatable bonds is 3. The summed E-state index contributed by atoms with van der Waals surface area (Å²) >= 11 is 0. The first-order valence-corrected chi connectivity index (χ1v) is 7.22. The Morgan fingerprint density at radius 1 is 1.35 bits per heavy atom. The summed E-state index contributed by atoms with van der Waals surface area (Å²) in [6.45, 7) is 1.83. The van der Waals surface area contributed by atoms with Gasteiger partial charge >= 0.3 is 0 Å². The number of ketones is 1. The van der Waals surface area contributed by atoms with Crippen molar-refractivity contribution in [2.24, 2.45) is 5.92 Å². The number of hydrogen-bond acceptors (Lipinski definition) is 3. The second kappa shape index (κ2) is 5.26. The largest absolute Gasteiger partial charge is 0.390 e. The standard InChI is InChI=1S/C16H19FO3/c1-2-13(18)15-12(9-3-5-10(17)6-4-9)7-11-8-14(19)16(15)20-11/h3-6,11-12,14-16,19H,2,7-8H2,1H3/t11?,12-,14?,15+,16-/m0/s1. The predicted molar refractivity (Wildman–Crippen MR) is 71.8 cm³/mol. The Bertz CT molecular complexity index is 499. The lowest BCUT2D eigenvalue weighted by Crippen LogP contribution is -2.42. The summed E-state index contributed by atoms with van der Waals surface area (Å²) in [5.41, 5.74) is 0.964. The highest BCUT2D eigenvalue weighted by Crippen LogP contribution is 2.46.